The van der Waals surface area contributed by atoms with Crippen LogP contribution >= 0.6 is 23.4 Å². The van der Waals surface area contributed by atoms with E-state index in [9.17, 15) is 4.79 Å². The quantitative estimate of drug-likeness (QED) is 0.668. The third-order valence-corrected chi connectivity index (χ3v) is 4.51. The van der Waals surface area contributed by atoms with Crippen molar-refractivity contribution in [1.29, 1.82) is 0 Å². The normalized spacial score (nSPS) is 10.5. The SMILES string of the molecule is O=C(CSc1ccccc1)Nc1cnn(Cc2cccc(Cl)c2)c1. The van der Waals surface area contributed by atoms with Gasteiger partial charge in [-0.05, 0) is 29.8 Å². The molecule has 2 aromatic carbocycles. The first-order valence-electron chi connectivity index (χ1n) is 7.44. The molecule has 1 aromatic heterocycles. The van der Waals surface area contributed by atoms with Crippen LogP contribution in [0.5, 0.6) is 0 Å². The summed E-state index contributed by atoms with van der Waals surface area (Å²) in [5.74, 6) is 0.315. The van der Waals surface area contributed by atoms with Gasteiger partial charge in [-0.15, -0.1) is 11.8 Å². The summed E-state index contributed by atoms with van der Waals surface area (Å²) < 4.78 is 1.77. The minimum absolute atomic E-state index is 0.0499. The second-order valence-corrected chi connectivity index (χ2v) is 6.69. The monoisotopic (exact) mass is 357 g/mol. The number of benzene rings is 2. The minimum atomic E-state index is -0.0499. The van der Waals surface area contributed by atoms with E-state index >= 15 is 0 Å². The molecule has 0 saturated carbocycles. The number of halogens is 1. The molecule has 0 aliphatic heterocycles. The van der Waals surface area contributed by atoms with Crippen LogP contribution in [0.2, 0.25) is 5.02 Å². The van der Waals surface area contributed by atoms with E-state index in [4.69, 9.17) is 11.6 Å². The molecule has 0 fully saturated rings. The fourth-order valence-electron chi connectivity index (χ4n) is 2.20. The van der Waals surface area contributed by atoms with E-state index < -0.39 is 0 Å². The smallest absolute Gasteiger partial charge is 0.234 e. The molecule has 0 aliphatic carbocycles. The number of anilines is 1. The zero-order chi connectivity index (χ0) is 16.8. The highest BCUT2D eigenvalue weighted by molar-refractivity contribution is 8.00. The van der Waals surface area contributed by atoms with Crippen molar-refractivity contribution in [2.75, 3.05) is 11.1 Å². The zero-order valence-corrected chi connectivity index (χ0v) is 14.4. The molecule has 1 heterocycles. The summed E-state index contributed by atoms with van der Waals surface area (Å²) in [6, 6.07) is 17.5. The van der Waals surface area contributed by atoms with E-state index in [1.807, 2.05) is 60.8 Å². The second kappa shape index (κ2) is 8.04. The van der Waals surface area contributed by atoms with Crippen molar-refractivity contribution in [3.8, 4) is 0 Å². The van der Waals surface area contributed by atoms with Gasteiger partial charge in [-0.25, -0.2) is 0 Å². The van der Waals surface area contributed by atoms with Gasteiger partial charge in [0.05, 0.1) is 24.2 Å². The minimum Gasteiger partial charge on any atom is -0.323 e. The number of hydrogen-bond donors (Lipinski definition) is 1. The van der Waals surface area contributed by atoms with Crippen molar-refractivity contribution in [2.45, 2.75) is 11.4 Å². The molecule has 0 bridgehead atoms. The van der Waals surface area contributed by atoms with Crippen molar-refractivity contribution >= 4 is 35.0 Å². The maximum Gasteiger partial charge on any atom is 0.234 e. The molecule has 0 saturated heterocycles. The van der Waals surface area contributed by atoms with Gasteiger partial charge in [0.15, 0.2) is 0 Å². The standard InChI is InChI=1S/C18H16ClN3OS/c19-15-6-4-5-14(9-15)11-22-12-16(10-20-22)21-18(23)13-24-17-7-2-1-3-8-17/h1-10,12H,11,13H2,(H,21,23). The molecule has 0 atom stereocenters. The highest BCUT2D eigenvalue weighted by atomic mass is 35.5. The van der Waals surface area contributed by atoms with Crippen molar-refractivity contribution in [2.24, 2.45) is 0 Å². The predicted octanol–water partition coefficient (Wildman–Crippen LogP) is 4.32. The molecule has 0 unspecified atom stereocenters. The van der Waals surface area contributed by atoms with Crippen molar-refractivity contribution in [3.05, 3.63) is 77.6 Å². The molecule has 1 N–H and O–H groups in total. The van der Waals surface area contributed by atoms with Gasteiger partial charge < -0.3 is 5.32 Å². The Morgan fingerprint density at radius 3 is 2.79 bits per heavy atom. The molecule has 3 rings (SSSR count). The molecule has 24 heavy (non-hydrogen) atoms. The summed E-state index contributed by atoms with van der Waals surface area (Å²) in [7, 11) is 0. The molecule has 122 valence electrons. The van der Waals surface area contributed by atoms with Gasteiger partial charge in [-0.1, -0.05) is 41.9 Å². The lowest BCUT2D eigenvalue weighted by Crippen LogP contribution is -2.13. The van der Waals surface area contributed by atoms with Crippen molar-refractivity contribution in [1.82, 2.24) is 9.78 Å². The van der Waals surface area contributed by atoms with E-state index in [0.29, 0.717) is 23.0 Å². The fourth-order valence-corrected chi connectivity index (χ4v) is 3.13. The molecule has 4 nitrogen and oxygen atoms in total. The summed E-state index contributed by atoms with van der Waals surface area (Å²) in [5, 5.41) is 7.83. The van der Waals surface area contributed by atoms with Crippen LogP contribution in [0.4, 0.5) is 5.69 Å². The maximum atomic E-state index is 12.0. The van der Waals surface area contributed by atoms with Gasteiger partial charge in [-0.2, -0.15) is 5.10 Å². The molecule has 0 radical (unpaired) electrons. The zero-order valence-electron chi connectivity index (χ0n) is 12.9. The Balaban J connectivity index is 1.53. The lowest BCUT2D eigenvalue weighted by molar-refractivity contribution is -0.113. The lowest BCUT2D eigenvalue weighted by Gasteiger charge is -2.03. The largest absolute Gasteiger partial charge is 0.323 e. The van der Waals surface area contributed by atoms with Gasteiger partial charge in [-0.3, -0.25) is 9.48 Å². The Kier molecular flexibility index (Phi) is 5.56. The third-order valence-electron chi connectivity index (χ3n) is 3.26. The molecular formula is C18H16ClN3OS. The fraction of sp³-hybridized carbons (Fsp3) is 0.111. The van der Waals surface area contributed by atoms with Gasteiger partial charge in [0.25, 0.3) is 0 Å². The summed E-state index contributed by atoms with van der Waals surface area (Å²) in [4.78, 5) is 13.1. The van der Waals surface area contributed by atoms with Gasteiger partial charge in [0.2, 0.25) is 5.91 Å². The number of carbonyl (C=O) groups excluding carboxylic acids is 1. The number of thioether (sulfide) groups is 1. The van der Waals surface area contributed by atoms with E-state index in [0.717, 1.165) is 10.5 Å². The first kappa shape index (κ1) is 16.6. The average molecular weight is 358 g/mol. The predicted molar refractivity (Wildman–Crippen MR) is 98.6 cm³/mol. The summed E-state index contributed by atoms with van der Waals surface area (Å²) >= 11 is 7.49. The van der Waals surface area contributed by atoms with Gasteiger partial charge in [0.1, 0.15) is 0 Å². The Hall–Kier alpha value is -2.24. The number of carbonyl (C=O) groups is 1. The Morgan fingerprint density at radius 1 is 1.17 bits per heavy atom. The van der Waals surface area contributed by atoms with Crippen LogP contribution in [-0.2, 0) is 11.3 Å². The molecule has 0 aliphatic rings. The van der Waals surface area contributed by atoms with Crippen LogP contribution in [-0.4, -0.2) is 21.4 Å². The van der Waals surface area contributed by atoms with Crippen molar-refractivity contribution in [3.63, 3.8) is 0 Å². The first-order chi connectivity index (χ1) is 11.7. The molecular weight excluding hydrogens is 342 g/mol. The number of nitrogens with one attached hydrogen (secondary N) is 1. The van der Waals surface area contributed by atoms with E-state index in [2.05, 4.69) is 10.4 Å². The molecule has 3 aromatic rings. The first-order valence-corrected chi connectivity index (χ1v) is 8.80. The van der Waals surface area contributed by atoms with Crippen LogP contribution in [0.15, 0.2) is 71.9 Å². The Labute approximate surface area is 149 Å². The number of amides is 1. The van der Waals surface area contributed by atoms with E-state index in [1.54, 1.807) is 10.9 Å². The van der Waals surface area contributed by atoms with Crippen LogP contribution in [0.25, 0.3) is 0 Å². The highest BCUT2D eigenvalue weighted by Gasteiger charge is 2.06. The summed E-state index contributed by atoms with van der Waals surface area (Å²) in [6.45, 7) is 0.606. The van der Waals surface area contributed by atoms with Crippen LogP contribution in [0.3, 0.4) is 0 Å². The lowest BCUT2D eigenvalue weighted by atomic mass is 10.2. The summed E-state index contributed by atoms with van der Waals surface area (Å²) in [5.41, 5.74) is 1.75. The maximum absolute atomic E-state index is 12.0. The summed E-state index contributed by atoms with van der Waals surface area (Å²) in [6.07, 6.45) is 3.46. The number of rotatable bonds is 6. The van der Waals surface area contributed by atoms with Gasteiger partial charge >= 0.3 is 0 Å². The second-order valence-electron chi connectivity index (χ2n) is 5.21. The third kappa shape index (κ3) is 4.88. The Bertz CT molecular complexity index is 820. The number of aromatic nitrogens is 2. The number of nitrogens with zero attached hydrogens (tertiary/aromatic N) is 2. The van der Waals surface area contributed by atoms with E-state index in [1.165, 1.54) is 11.8 Å². The van der Waals surface area contributed by atoms with Gasteiger partial charge in [0, 0.05) is 16.1 Å². The molecule has 1 amide bonds. The highest BCUT2D eigenvalue weighted by Crippen LogP contribution is 2.17. The van der Waals surface area contributed by atoms with E-state index in [-0.39, 0.29) is 5.91 Å². The van der Waals surface area contributed by atoms with Crippen LogP contribution in [0.1, 0.15) is 5.56 Å². The Morgan fingerprint density at radius 2 is 2.00 bits per heavy atom. The molecule has 0 spiro atoms. The average Bonchev–Trinajstić information content (AvgIpc) is 3.01. The van der Waals surface area contributed by atoms with Crippen LogP contribution in [0, 0.1) is 0 Å². The number of hydrogen-bond acceptors (Lipinski definition) is 3. The topological polar surface area (TPSA) is 46.9 Å². The van der Waals surface area contributed by atoms with Crippen molar-refractivity contribution < 1.29 is 4.79 Å². The van der Waals surface area contributed by atoms with Crippen LogP contribution < -0.4 is 5.32 Å². The molecule has 6 heteroatoms.